The van der Waals surface area contributed by atoms with Crippen LogP contribution in [0.1, 0.15) is 28.6 Å². The first-order valence-corrected chi connectivity index (χ1v) is 4.48. The largest absolute Gasteiger partial charge is 0.477 e. The number of nitrogens with zero attached hydrogens (tertiary/aromatic N) is 2. The lowest BCUT2D eigenvalue weighted by atomic mass is 10.0. The van der Waals surface area contributed by atoms with Gasteiger partial charge >= 0.3 is 5.97 Å². The molecule has 0 fully saturated rings. The Balaban J connectivity index is 2.82. The summed E-state index contributed by atoms with van der Waals surface area (Å²) >= 11 is 0. The number of hydrogen-bond donors (Lipinski definition) is 3. The average Bonchev–Trinajstić information content (AvgIpc) is 2.28. The molecule has 0 aromatic carbocycles. The minimum atomic E-state index is -1.24. The second kappa shape index (κ2) is 5.21. The third-order valence-corrected chi connectivity index (χ3v) is 2.01. The smallest absolute Gasteiger partial charge is 0.354 e. The van der Waals surface area contributed by atoms with Crippen LogP contribution in [0.15, 0.2) is 18.3 Å². The summed E-state index contributed by atoms with van der Waals surface area (Å²) in [7, 11) is 0. The van der Waals surface area contributed by atoms with Gasteiger partial charge in [0, 0.05) is 11.8 Å². The highest BCUT2D eigenvalue weighted by Crippen LogP contribution is 2.17. The quantitative estimate of drug-likeness (QED) is 0.665. The van der Waals surface area contributed by atoms with Crippen molar-refractivity contribution in [3.05, 3.63) is 29.6 Å². The van der Waals surface area contributed by atoms with Gasteiger partial charge < -0.3 is 15.3 Å². The van der Waals surface area contributed by atoms with Crippen molar-refractivity contribution in [1.29, 1.82) is 5.26 Å². The van der Waals surface area contributed by atoms with Crippen molar-refractivity contribution in [1.82, 2.24) is 4.98 Å². The van der Waals surface area contributed by atoms with Gasteiger partial charge in [0.2, 0.25) is 0 Å². The van der Waals surface area contributed by atoms with E-state index in [1.165, 1.54) is 12.1 Å². The van der Waals surface area contributed by atoms with E-state index >= 15 is 0 Å². The maximum atomic E-state index is 10.5. The van der Waals surface area contributed by atoms with Gasteiger partial charge in [-0.1, -0.05) is 6.07 Å². The Bertz CT molecular complexity index is 410. The molecule has 2 atom stereocenters. The van der Waals surface area contributed by atoms with Crippen LogP contribution in [0.5, 0.6) is 0 Å². The van der Waals surface area contributed by atoms with E-state index in [1.807, 2.05) is 0 Å². The third kappa shape index (κ3) is 2.76. The highest BCUT2D eigenvalue weighted by atomic mass is 16.4. The van der Waals surface area contributed by atoms with Crippen LogP contribution in [0, 0.1) is 11.3 Å². The molecular formula is C10H10N2O4. The molecule has 1 aromatic heterocycles. The Morgan fingerprint density at radius 2 is 2.19 bits per heavy atom. The molecule has 1 aromatic rings. The maximum absolute atomic E-state index is 10.5. The van der Waals surface area contributed by atoms with Crippen molar-refractivity contribution in [2.24, 2.45) is 0 Å². The Morgan fingerprint density at radius 3 is 2.62 bits per heavy atom. The first-order chi connectivity index (χ1) is 7.56. The molecular weight excluding hydrogens is 212 g/mol. The van der Waals surface area contributed by atoms with Crippen LogP contribution in [-0.4, -0.2) is 32.4 Å². The molecule has 6 nitrogen and oxygen atoms in total. The molecule has 0 saturated heterocycles. The molecule has 0 aliphatic heterocycles. The minimum absolute atomic E-state index is 0.147. The van der Waals surface area contributed by atoms with E-state index in [2.05, 4.69) is 4.98 Å². The highest BCUT2D eigenvalue weighted by molar-refractivity contribution is 5.85. The molecule has 2 unspecified atom stereocenters. The van der Waals surface area contributed by atoms with E-state index in [0.717, 1.165) is 6.20 Å². The van der Waals surface area contributed by atoms with Crippen LogP contribution in [0.4, 0.5) is 0 Å². The van der Waals surface area contributed by atoms with Crippen LogP contribution in [0.3, 0.4) is 0 Å². The number of nitriles is 1. The lowest BCUT2D eigenvalue weighted by molar-refractivity contribution is 0.0214. The molecule has 0 spiro atoms. The molecule has 0 aliphatic carbocycles. The third-order valence-electron chi connectivity index (χ3n) is 2.01. The highest BCUT2D eigenvalue weighted by Gasteiger charge is 2.18. The number of aliphatic hydroxyl groups is 2. The molecule has 16 heavy (non-hydrogen) atoms. The first kappa shape index (κ1) is 12.1. The Morgan fingerprint density at radius 1 is 1.50 bits per heavy atom. The number of carboxylic acid groups (broad SMARTS) is 1. The Hall–Kier alpha value is -1.97. The van der Waals surface area contributed by atoms with Crippen molar-refractivity contribution < 1.29 is 20.1 Å². The van der Waals surface area contributed by atoms with Gasteiger partial charge in [0.05, 0.1) is 18.6 Å². The van der Waals surface area contributed by atoms with E-state index in [0.29, 0.717) is 0 Å². The van der Waals surface area contributed by atoms with E-state index in [1.54, 1.807) is 6.07 Å². The lowest BCUT2D eigenvalue weighted by Crippen LogP contribution is -2.17. The summed E-state index contributed by atoms with van der Waals surface area (Å²) in [5.41, 5.74) is 0.124. The van der Waals surface area contributed by atoms with E-state index in [9.17, 15) is 15.0 Å². The number of carbonyl (C=O) groups is 1. The lowest BCUT2D eigenvalue weighted by Gasteiger charge is -2.14. The average molecular weight is 222 g/mol. The van der Waals surface area contributed by atoms with Crippen molar-refractivity contribution >= 4 is 5.97 Å². The predicted molar refractivity (Wildman–Crippen MR) is 52.4 cm³/mol. The molecule has 0 saturated carbocycles. The van der Waals surface area contributed by atoms with Crippen molar-refractivity contribution in [3.63, 3.8) is 0 Å². The van der Waals surface area contributed by atoms with Crippen molar-refractivity contribution in [2.75, 3.05) is 0 Å². The Kier molecular flexibility index (Phi) is 3.94. The molecule has 3 N–H and O–H groups in total. The number of aromatic carboxylic acids is 1. The van der Waals surface area contributed by atoms with Gasteiger partial charge in [-0.2, -0.15) is 5.26 Å². The normalized spacial score (nSPS) is 13.8. The zero-order valence-corrected chi connectivity index (χ0v) is 8.24. The first-order valence-electron chi connectivity index (χ1n) is 4.48. The van der Waals surface area contributed by atoms with E-state index in [4.69, 9.17) is 10.4 Å². The van der Waals surface area contributed by atoms with E-state index in [-0.39, 0.29) is 17.7 Å². The fourth-order valence-electron chi connectivity index (χ4n) is 1.13. The molecule has 1 heterocycles. The fraction of sp³-hybridized carbons (Fsp3) is 0.300. The standard InChI is InChI=1S/C10H10N2O4/c11-4-3-8(13)9(14)6-1-2-7(10(15)16)12-5-6/h1-2,5,8-9,13-14H,3H2,(H,15,16). The van der Waals surface area contributed by atoms with E-state index < -0.39 is 18.2 Å². The Labute approximate surface area is 91.4 Å². The van der Waals surface area contributed by atoms with Crippen LogP contribution in [0.2, 0.25) is 0 Å². The summed E-state index contributed by atoms with van der Waals surface area (Å²) in [5, 5.41) is 35.8. The monoisotopic (exact) mass is 222 g/mol. The zero-order chi connectivity index (χ0) is 12.1. The summed E-state index contributed by atoms with van der Waals surface area (Å²) < 4.78 is 0. The number of hydrogen-bond acceptors (Lipinski definition) is 5. The summed E-state index contributed by atoms with van der Waals surface area (Å²) in [6, 6.07) is 4.29. The van der Waals surface area contributed by atoms with Gasteiger partial charge in [0.25, 0.3) is 0 Å². The number of carboxylic acids is 1. The minimum Gasteiger partial charge on any atom is -0.477 e. The van der Waals surface area contributed by atoms with Gasteiger partial charge in [-0.15, -0.1) is 0 Å². The summed E-state index contributed by atoms with van der Waals surface area (Å²) in [4.78, 5) is 14.1. The van der Waals surface area contributed by atoms with Crippen LogP contribution in [-0.2, 0) is 0 Å². The van der Waals surface area contributed by atoms with Gasteiger partial charge in [-0.3, -0.25) is 0 Å². The zero-order valence-electron chi connectivity index (χ0n) is 8.24. The number of aliphatic hydroxyl groups excluding tert-OH is 2. The molecule has 6 heteroatoms. The van der Waals surface area contributed by atoms with Crippen LogP contribution < -0.4 is 0 Å². The van der Waals surface area contributed by atoms with Crippen molar-refractivity contribution in [2.45, 2.75) is 18.6 Å². The van der Waals surface area contributed by atoms with Crippen LogP contribution in [0.25, 0.3) is 0 Å². The predicted octanol–water partition coefficient (Wildman–Crippen LogP) is 0.0878. The van der Waals surface area contributed by atoms with Gasteiger partial charge in [-0.25, -0.2) is 9.78 Å². The SMILES string of the molecule is N#CCC(O)C(O)c1ccc(C(=O)O)nc1. The topological polar surface area (TPSA) is 114 Å². The van der Waals surface area contributed by atoms with Gasteiger partial charge in [0.1, 0.15) is 11.8 Å². The van der Waals surface area contributed by atoms with Crippen molar-refractivity contribution in [3.8, 4) is 6.07 Å². The summed E-state index contributed by atoms with van der Waals surface area (Å²) in [6.07, 6.45) is -1.49. The summed E-state index contributed by atoms with van der Waals surface area (Å²) in [5.74, 6) is -1.17. The molecule has 1 rings (SSSR count). The number of pyridine rings is 1. The molecule has 84 valence electrons. The molecule has 0 amide bonds. The van der Waals surface area contributed by atoms with Crippen LogP contribution >= 0.6 is 0 Å². The molecule has 0 radical (unpaired) electrons. The number of aromatic nitrogens is 1. The summed E-state index contributed by atoms with van der Waals surface area (Å²) in [6.45, 7) is 0. The molecule has 0 bridgehead atoms. The fourth-order valence-corrected chi connectivity index (χ4v) is 1.13. The van der Waals surface area contributed by atoms with Gasteiger partial charge in [-0.05, 0) is 6.07 Å². The number of rotatable bonds is 4. The van der Waals surface area contributed by atoms with Gasteiger partial charge in [0.15, 0.2) is 0 Å². The maximum Gasteiger partial charge on any atom is 0.354 e. The molecule has 0 aliphatic rings. The second-order valence-electron chi connectivity index (χ2n) is 3.16. The second-order valence-corrected chi connectivity index (χ2v) is 3.16.